The zero-order valence-electron chi connectivity index (χ0n) is 14.7. The second-order valence-corrected chi connectivity index (χ2v) is 6.53. The third kappa shape index (κ3) is 3.78. The molecule has 0 N–H and O–H groups in total. The summed E-state index contributed by atoms with van der Waals surface area (Å²) in [5, 5.41) is -0.155. The van der Waals surface area contributed by atoms with Gasteiger partial charge in [-0.25, -0.2) is 4.98 Å². The maximum atomic E-state index is 13.2. The van der Waals surface area contributed by atoms with Gasteiger partial charge in [0.2, 0.25) is 0 Å². The summed E-state index contributed by atoms with van der Waals surface area (Å²) >= 11 is 5.99. The van der Waals surface area contributed by atoms with Crippen molar-refractivity contribution in [1.29, 1.82) is 0 Å². The van der Waals surface area contributed by atoms with Crippen LogP contribution in [0.1, 0.15) is 34.2 Å². The predicted molar refractivity (Wildman–Crippen MR) is 96.8 cm³/mol. The maximum absolute atomic E-state index is 13.2. The van der Waals surface area contributed by atoms with Gasteiger partial charge in [0.05, 0.1) is 16.3 Å². The van der Waals surface area contributed by atoms with Crippen LogP contribution in [0.2, 0.25) is 5.02 Å². The van der Waals surface area contributed by atoms with Crippen LogP contribution in [-0.4, -0.2) is 26.7 Å². The highest BCUT2D eigenvalue weighted by Crippen LogP contribution is 2.33. The molecule has 27 heavy (non-hydrogen) atoms. The molecule has 0 bridgehead atoms. The number of aryl methyl sites for hydroxylation is 1. The van der Waals surface area contributed by atoms with Crippen molar-refractivity contribution in [2.24, 2.45) is 0 Å². The summed E-state index contributed by atoms with van der Waals surface area (Å²) in [7, 11) is 0. The Morgan fingerprint density at radius 2 is 1.93 bits per heavy atom. The molecule has 0 aliphatic carbocycles. The molecule has 0 aliphatic rings. The quantitative estimate of drug-likeness (QED) is 0.625. The van der Waals surface area contributed by atoms with E-state index in [1.165, 1.54) is 0 Å². The van der Waals surface area contributed by atoms with E-state index in [1.54, 1.807) is 11.8 Å². The number of hydrogen-bond donors (Lipinski definition) is 0. The predicted octanol–water partition coefficient (Wildman–Crippen LogP) is 4.98. The minimum Gasteiger partial charge on any atom is -0.333 e. The second-order valence-electron chi connectivity index (χ2n) is 6.12. The molecule has 0 fully saturated rings. The molecule has 8 heteroatoms. The summed E-state index contributed by atoms with van der Waals surface area (Å²) in [4.78, 5) is 18.8. The number of amides is 1. The minimum atomic E-state index is -4.58. The molecule has 0 spiro atoms. The van der Waals surface area contributed by atoms with Gasteiger partial charge in [-0.2, -0.15) is 13.2 Å². The number of aromatic nitrogens is 2. The van der Waals surface area contributed by atoms with Crippen LogP contribution >= 0.6 is 11.6 Å². The number of carbonyl (C=O) groups excluding carboxylic acids is 1. The lowest BCUT2D eigenvalue weighted by molar-refractivity contribution is -0.137. The van der Waals surface area contributed by atoms with E-state index in [-0.39, 0.29) is 16.4 Å². The first kappa shape index (κ1) is 19.2. The van der Waals surface area contributed by atoms with Crippen LogP contribution in [0, 0.1) is 6.92 Å². The van der Waals surface area contributed by atoms with E-state index >= 15 is 0 Å². The van der Waals surface area contributed by atoms with Gasteiger partial charge in [-0.1, -0.05) is 41.9 Å². The molecule has 0 saturated heterocycles. The number of alkyl halides is 3. The lowest BCUT2D eigenvalue weighted by Crippen LogP contribution is -2.31. The van der Waals surface area contributed by atoms with Crippen LogP contribution in [0.4, 0.5) is 13.2 Å². The molecule has 0 aliphatic heterocycles. The number of fused-ring (bicyclic) bond motifs is 1. The summed E-state index contributed by atoms with van der Waals surface area (Å²) in [5.41, 5.74) is 0.524. The van der Waals surface area contributed by atoms with Gasteiger partial charge in [0.25, 0.3) is 5.91 Å². The van der Waals surface area contributed by atoms with Gasteiger partial charge in [0.1, 0.15) is 5.69 Å². The Kier molecular flexibility index (Phi) is 5.15. The molecular weight excluding hydrogens is 379 g/mol. The number of halogens is 4. The van der Waals surface area contributed by atoms with Crippen molar-refractivity contribution in [1.82, 2.24) is 14.3 Å². The molecular formula is C19H17ClF3N3O. The van der Waals surface area contributed by atoms with E-state index in [0.29, 0.717) is 18.8 Å². The van der Waals surface area contributed by atoms with Gasteiger partial charge in [-0.05, 0) is 25.5 Å². The first-order valence-electron chi connectivity index (χ1n) is 8.31. The Hall–Kier alpha value is -2.54. The number of pyridine rings is 1. The summed E-state index contributed by atoms with van der Waals surface area (Å²) in [5.74, 6) is -0.401. The molecule has 1 aromatic carbocycles. The van der Waals surface area contributed by atoms with E-state index in [2.05, 4.69) is 4.98 Å². The zero-order valence-corrected chi connectivity index (χ0v) is 15.5. The van der Waals surface area contributed by atoms with Crippen molar-refractivity contribution in [2.75, 3.05) is 6.54 Å². The topological polar surface area (TPSA) is 37.6 Å². The molecule has 3 rings (SSSR count). The lowest BCUT2D eigenvalue weighted by Gasteiger charge is -2.21. The highest BCUT2D eigenvalue weighted by Gasteiger charge is 2.33. The number of benzene rings is 1. The monoisotopic (exact) mass is 395 g/mol. The van der Waals surface area contributed by atoms with Crippen LogP contribution in [0.3, 0.4) is 0 Å². The van der Waals surface area contributed by atoms with Gasteiger partial charge in [-0.3, -0.25) is 9.20 Å². The summed E-state index contributed by atoms with van der Waals surface area (Å²) in [6.07, 6.45) is -3.71. The first-order valence-corrected chi connectivity index (χ1v) is 8.68. The van der Waals surface area contributed by atoms with E-state index < -0.39 is 17.6 Å². The van der Waals surface area contributed by atoms with Crippen LogP contribution in [-0.2, 0) is 12.7 Å². The van der Waals surface area contributed by atoms with Crippen LogP contribution in [0.5, 0.6) is 0 Å². The first-order chi connectivity index (χ1) is 12.7. The number of carbonyl (C=O) groups is 1. The Morgan fingerprint density at radius 1 is 1.26 bits per heavy atom. The van der Waals surface area contributed by atoms with Crippen molar-refractivity contribution >= 4 is 23.2 Å². The van der Waals surface area contributed by atoms with Crippen molar-refractivity contribution in [3.8, 4) is 0 Å². The third-order valence-corrected chi connectivity index (χ3v) is 4.54. The van der Waals surface area contributed by atoms with E-state index in [0.717, 1.165) is 22.2 Å². The number of nitrogens with zero attached hydrogens (tertiary/aromatic N) is 3. The molecule has 0 saturated carbocycles. The Morgan fingerprint density at radius 3 is 2.52 bits per heavy atom. The molecule has 0 radical (unpaired) electrons. The van der Waals surface area contributed by atoms with Gasteiger partial charge < -0.3 is 4.90 Å². The molecule has 0 unspecified atom stereocenters. The third-order valence-electron chi connectivity index (χ3n) is 4.26. The highest BCUT2D eigenvalue weighted by molar-refractivity contribution is 6.33. The number of hydrogen-bond acceptors (Lipinski definition) is 2. The molecule has 3 aromatic rings. The van der Waals surface area contributed by atoms with Crippen LogP contribution in [0.25, 0.3) is 5.65 Å². The van der Waals surface area contributed by atoms with Crippen molar-refractivity contribution in [3.05, 3.63) is 70.1 Å². The standard InChI is InChI=1S/C19H17ClF3N3O/c1-3-25(10-13-7-5-4-6-8-13)18(27)16-12(2)24-17-15(20)9-14(11-26(16)17)19(21,22)23/h4-9,11H,3,10H2,1-2H3. The highest BCUT2D eigenvalue weighted by atomic mass is 35.5. The Labute approximate surface area is 159 Å². The Balaban J connectivity index is 2.07. The fourth-order valence-electron chi connectivity index (χ4n) is 2.91. The van der Waals surface area contributed by atoms with Gasteiger partial charge in [0, 0.05) is 19.3 Å². The second kappa shape index (κ2) is 7.23. The van der Waals surface area contributed by atoms with Crippen LogP contribution < -0.4 is 0 Å². The molecule has 1 amide bonds. The van der Waals surface area contributed by atoms with E-state index in [4.69, 9.17) is 11.6 Å². The Bertz CT molecular complexity index is 983. The largest absolute Gasteiger partial charge is 0.417 e. The number of imidazole rings is 1. The normalized spacial score (nSPS) is 11.8. The SMILES string of the molecule is CCN(Cc1ccccc1)C(=O)c1c(C)nc2c(Cl)cc(C(F)(F)F)cn12. The lowest BCUT2D eigenvalue weighted by atomic mass is 10.2. The molecule has 4 nitrogen and oxygen atoms in total. The van der Waals surface area contributed by atoms with E-state index in [1.807, 2.05) is 37.3 Å². The molecule has 0 atom stereocenters. The fraction of sp³-hybridized carbons (Fsp3) is 0.263. The summed E-state index contributed by atoms with van der Waals surface area (Å²) < 4.78 is 40.6. The zero-order chi connectivity index (χ0) is 19.8. The molecule has 2 heterocycles. The minimum absolute atomic E-state index is 0.0794. The van der Waals surface area contributed by atoms with Gasteiger partial charge in [0.15, 0.2) is 5.65 Å². The maximum Gasteiger partial charge on any atom is 0.417 e. The van der Waals surface area contributed by atoms with Gasteiger partial charge in [-0.15, -0.1) is 0 Å². The van der Waals surface area contributed by atoms with E-state index in [9.17, 15) is 18.0 Å². The van der Waals surface area contributed by atoms with Crippen molar-refractivity contribution < 1.29 is 18.0 Å². The van der Waals surface area contributed by atoms with Crippen molar-refractivity contribution in [3.63, 3.8) is 0 Å². The van der Waals surface area contributed by atoms with Crippen LogP contribution in [0.15, 0.2) is 42.6 Å². The van der Waals surface area contributed by atoms with Crippen molar-refractivity contribution in [2.45, 2.75) is 26.6 Å². The number of rotatable bonds is 4. The summed E-state index contributed by atoms with van der Waals surface area (Å²) in [6, 6.07) is 10.2. The van der Waals surface area contributed by atoms with Gasteiger partial charge >= 0.3 is 6.18 Å². The molecule has 142 valence electrons. The molecule has 2 aromatic heterocycles. The summed E-state index contributed by atoms with van der Waals surface area (Å²) in [6.45, 7) is 4.14. The average molecular weight is 396 g/mol. The average Bonchev–Trinajstić information content (AvgIpc) is 2.96. The fourth-order valence-corrected chi connectivity index (χ4v) is 3.16. The smallest absolute Gasteiger partial charge is 0.333 e.